The third kappa shape index (κ3) is 3.23. The summed E-state index contributed by atoms with van der Waals surface area (Å²) in [7, 11) is 0. The van der Waals surface area contributed by atoms with Crippen molar-refractivity contribution in [3.8, 4) is 0 Å². The van der Waals surface area contributed by atoms with Crippen molar-refractivity contribution in [2.75, 3.05) is 6.54 Å². The van der Waals surface area contributed by atoms with Gasteiger partial charge in [-0.3, -0.25) is 4.79 Å². The van der Waals surface area contributed by atoms with Gasteiger partial charge in [-0.2, -0.15) is 0 Å². The minimum Gasteiger partial charge on any atom is -0.351 e. The second-order valence-electron chi connectivity index (χ2n) is 4.61. The van der Waals surface area contributed by atoms with Gasteiger partial charge >= 0.3 is 0 Å². The molecule has 94 valence electrons. The van der Waals surface area contributed by atoms with Crippen molar-refractivity contribution in [3.63, 3.8) is 0 Å². The number of hydrogen-bond acceptors (Lipinski definition) is 2. The van der Waals surface area contributed by atoms with Gasteiger partial charge in [0, 0.05) is 11.9 Å². The van der Waals surface area contributed by atoms with Crippen LogP contribution in [0.3, 0.4) is 0 Å². The first-order valence-corrected chi connectivity index (χ1v) is 7.51. The van der Waals surface area contributed by atoms with Crippen LogP contribution in [0, 0.1) is 5.92 Å². The molecule has 2 nitrogen and oxygen atoms in total. The Morgan fingerprint density at radius 1 is 1.59 bits per heavy atom. The molecule has 0 aromatic carbocycles. The van der Waals surface area contributed by atoms with Crippen LogP contribution in [0.2, 0.25) is 0 Å². The SMILES string of the molecule is CCc1ccsc1C(=O)NCC1CCC(Cl)C1. The van der Waals surface area contributed by atoms with Crippen LogP contribution in [0.4, 0.5) is 0 Å². The molecule has 2 rings (SSSR count). The van der Waals surface area contributed by atoms with Crippen LogP contribution in [0.25, 0.3) is 0 Å². The highest BCUT2D eigenvalue weighted by Crippen LogP contribution is 2.28. The number of hydrogen-bond donors (Lipinski definition) is 1. The molecule has 2 unspecified atom stereocenters. The van der Waals surface area contributed by atoms with E-state index in [1.54, 1.807) is 0 Å². The lowest BCUT2D eigenvalue weighted by Gasteiger charge is -2.10. The van der Waals surface area contributed by atoms with E-state index in [2.05, 4.69) is 12.2 Å². The smallest absolute Gasteiger partial charge is 0.261 e. The van der Waals surface area contributed by atoms with Gasteiger partial charge in [0.15, 0.2) is 0 Å². The minimum atomic E-state index is 0.0786. The molecule has 17 heavy (non-hydrogen) atoms. The molecule has 0 spiro atoms. The number of nitrogens with one attached hydrogen (secondary N) is 1. The standard InChI is InChI=1S/C13H18ClNOS/c1-2-10-5-6-17-12(10)13(16)15-8-9-3-4-11(14)7-9/h5-6,9,11H,2-4,7-8H2,1H3,(H,15,16). The molecule has 1 amide bonds. The van der Waals surface area contributed by atoms with E-state index in [1.165, 1.54) is 11.3 Å². The van der Waals surface area contributed by atoms with Crippen molar-refractivity contribution < 1.29 is 4.79 Å². The molecule has 2 atom stereocenters. The number of amides is 1. The molecule has 0 radical (unpaired) electrons. The number of aryl methyl sites for hydroxylation is 1. The monoisotopic (exact) mass is 271 g/mol. The number of thiophene rings is 1. The molecule has 1 aliphatic carbocycles. The summed E-state index contributed by atoms with van der Waals surface area (Å²) in [5.41, 5.74) is 1.15. The molecule has 1 aromatic heterocycles. The highest BCUT2D eigenvalue weighted by molar-refractivity contribution is 7.12. The number of carbonyl (C=O) groups excluding carboxylic acids is 1. The molecular formula is C13H18ClNOS. The van der Waals surface area contributed by atoms with Crippen molar-refractivity contribution in [3.05, 3.63) is 21.9 Å². The van der Waals surface area contributed by atoms with Crippen molar-refractivity contribution in [1.29, 1.82) is 0 Å². The van der Waals surface area contributed by atoms with E-state index < -0.39 is 0 Å². The van der Waals surface area contributed by atoms with Gasteiger partial charge in [-0.1, -0.05) is 6.92 Å². The number of halogens is 1. The molecular weight excluding hydrogens is 254 g/mol. The summed E-state index contributed by atoms with van der Waals surface area (Å²) in [5.74, 6) is 0.640. The Hall–Kier alpha value is -0.540. The summed E-state index contributed by atoms with van der Waals surface area (Å²) in [6.07, 6.45) is 4.17. The van der Waals surface area contributed by atoms with E-state index in [1.807, 2.05) is 11.4 Å². The summed E-state index contributed by atoms with van der Waals surface area (Å²) in [4.78, 5) is 12.9. The Labute approximate surface area is 111 Å². The molecule has 1 fully saturated rings. The molecule has 0 saturated heterocycles. The van der Waals surface area contributed by atoms with Crippen LogP contribution < -0.4 is 5.32 Å². The zero-order valence-corrected chi connectivity index (χ0v) is 11.6. The number of alkyl halides is 1. The molecule has 1 aliphatic rings. The predicted octanol–water partition coefficient (Wildman–Crippen LogP) is 3.45. The summed E-state index contributed by atoms with van der Waals surface area (Å²) < 4.78 is 0. The minimum absolute atomic E-state index is 0.0786. The van der Waals surface area contributed by atoms with Crippen LogP contribution >= 0.6 is 22.9 Å². The molecule has 1 heterocycles. The maximum Gasteiger partial charge on any atom is 0.261 e. The van der Waals surface area contributed by atoms with Gasteiger partial charge in [0.1, 0.15) is 0 Å². The molecule has 0 aliphatic heterocycles. The van der Waals surface area contributed by atoms with Crippen LogP contribution in [0.5, 0.6) is 0 Å². The first-order chi connectivity index (χ1) is 8.20. The topological polar surface area (TPSA) is 29.1 Å². The van der Waals surface area contributed by atoms with Gasteiger partial charge in [0.05, 0.1) is 4.88 Å². The largest absolute Gasteiger partial charge is 0.351 e. The average Bonchev–Trinajstić information content (AvgIpc) is 2.94. The highest BCUT2D eigenvalue weighted by atomic mass is 35.5. The van der Waals surface area contributed by atoms with E-state index in [9.17, 15) is 4.79 Å². The fourth-order valence-corrected chi connectivity index (χ4v) is 3.62. The maximum atomic E-state index is 12.0. The Kier molecular flexibility index (Phi) is 4.46. The predicted molar refractivity (Wildman–Crippen MR) is 73.0 cm³/mol. The van der Waals surface area contributed by atoms with Crippen LogP contribution in [0.15, 0.2) is 11.4 Å². The first-order valence-electron chi connectivity index (χ1n) is 6.19. The molecule has 0 bridgehead atoms. The molecule has 1 saturated carbocycles. The second kappa shape index (κ2) is 5.87. The first kappa shape index (κ1) is 12.9. The highest BCUT2D eigenvalue weighted by Gasteiger charge is 2.23. The van der Waals surface area contributed by atoms with E-state index in [0.717, 1.165) is 42.7 Å². The fourth-order valence-electron chi connectivity index (χ4n) is 2.33. The lowest BCUT2D eigenvalue weighted by atomic mass is 10.1. The Morgan fingerprint density at radius 2 is 2.41 bits per heavy atom. The van der Waals surface area contributed by atoms with Crippen molar-refractivity contribution in [2.24, 2.45) is 5.92 Å². The summed E-state index contributed by atoms with van der Waals surface area (Å²) in [6, 6.07) is 2.03. The number of rotatable bonds is 4. The van der Waals surface area contributed by atoms with Crippen LogP contribution in [-0.2, 0) is 6.42 Å². The van der Waals surface area contributed by atoms with E-state index >= 15 is 0 Å². The average molecular weight is 272 g/mol. The van der Waals surface area contributed by atoms with Crippen LogP contribution in [-0.4, -0.2) is 17.8 Å². The van der Waals surface area contributed by atoms with E-state index in [-0.39, 0.29) is 5.91 Å². The Morgan fingerprint density at radius 3 is 3.06 bits per heavy atom. The zero-order chi connectivity index (χ0) is 12.3. The third-order valence-corrected chi connectivity index (χ3v) is 4.71. The normalized spacial score (nSPS) is 23.9. The summed E-state index contributed by atoms with van der Waals surface area (Å²) in [5, 5.41) is 5.33. The maximum absolute atomic E-state index is 12.0. The van der Waals surface area contributed by atoms with Gasteiger partial charge in [0.25, 0.3) is 5.91 Å². The van der Waals surface area contributed by atoms with Gasteiger partial charge in [-0.25, -0.2) is 0 Å². The van der Waals surface area contributed by atoms with Gasteiger partial charge in [0.2, 0.25) is 0 Å². The fraction of sp³-hybridized carbons (Fsp3) is 0.615. The van der Waals surface area contributed by atoms with E-state index in [4.69, 9.17) is 11.6 Å². The summed E-state index contributed by atoms with van der Waals surface area (Å²) >= 11 is 7.59. The lowest BCUT2D eigenvalue weighted by molar-refractivity contribution is 0.0950. The summed E-state index contributed by atoms with van der Waals surface area (Å²) in [6.45, 7) is 2.84. The van der Waals surface area contributed by atoms with Gasteiger partial charge in [-0.05, 0) is 48.6 Å². The molecule has 1 N–H and O–H groups in total. The lowest BCUT2D eigenvalue weighted by Crippen LogP contribution is -2.28. The molecule has 1 aromatic rings. The Bertz CT molecular complexity index is 391. The van der Waals surface area contributed by atoms with Crippen LogP contribution in [0.1, 0.15) is 41.4 Å². The van der Waals surface area contributed by atoms with Gasteiger partial charge < -0.3 is 5.32 Å². The van der Waals surface area contributed by atoms with E-state index in [0.29, 0.717) is 11.3 Å². The van der Waals surface area contributed by atoms with Crippen molar-refractivity contribution in [1.82, 2.24) is 5.32 Å². The zero-order valence-electron chi connectivity index (χ0n) is 10.0. The van der Waals surface area contributed by atoms with Crippen molar-refractivity contribution >= 4 is 28.8 Å². The number of carbonyl (C=O) groups is 1. The second-order valence-corrected chi connectivity index (χ2v) is 6.15. The quantitative estimate of drug-likeness (QED) is 0.835. The van der Waals surface area contributed by atoms with Gasteiger partial charge in [-0.15, -0.1) is 22.9 Å². The Balaban J connectivity index is 1.85. The third-order valence-electron chi connectivity index (χ3n) is 3.36. The molecule has 4 heteroatoms. The van der Waals surface area contributed by atoms with Crippen molar-refractivity contribution in [2.45, 2.75) is 38.0 Å².